The molecule has 2 N–H and O–H groups in total. The van der Waals surface area contributed by atoms with E-state index in [1.807, 2.05) is 34.9 Å². The third-order valence-corrected chi connectivity index (χ3v) is 3.00. The summed E-state index contributed by atoms with van der Waals surface area (Å²) in [6, 6.07) is 9.26. The smallest absolute Gasteiger partial charge is 0.201 e. The highest BCUT2D eigenvalue weighted by Gasteiger charge is 2.11. The highest BCUT2D eigenvalue weighted by atomic mass is 35.5. The van der Waals surface area contributed by atoms with E-state index < -0.39 is 0 Å². The van der Waals surface area contributed by atoms with Crippen LogP contribution in [0.25, 0.3) is 11.0 Å². The number of aromatic nitrogens is 4. The van der Waals surface area contributed by atoms with Gasteiger partial charge in [0.15, 0.2) is 0 Å². The zero-order valence-electron chi connectivity index (χ0n) is 9.42. The Morgan fingerprint density at radius 3 is 2.89 bits per heavy atom. The Balaban J connectivity index is 2.14. The quantitative estimate of drug-likeness (QED) is 0.765. The maximum Gasteiger partial charge on any atom is 0.201 e. The van der Waals surface area contributed by atoms with E-state index in [-0.39, 0.29) is 0 Å². The third-order valence-electron chi connectivity index (χ3n) is 2.69. The molecule has 0 saturated carbocycles. The Bertz CT molecular complexity index is 692. The molecule has 0 aliphatic heterocycles. The number of rotatable bonds is 2. The average molecular weight is 260 g/mol. The summed E-state index contributed by atoms with van der Waals surface area (Å²) in [7, 11) is 0. The van der Waals surface area contributed by atoms with Gasteiger partial charge < -0.3 is 10.3 Å². The molecule has 0 aliphatic carbocycles. The topological polar surface area (TPSA) is 69.6 Å². The molecule has 2 aromatic heterocycles. The largest absolute Gasteiger partial charge is 0.369 e. The molecule has 5 nitrogen and oxygen atoms in total. The standard InChI is InChI=1S/C12H10ClN5/c13-9-4-1-5-10-11(9)18(12(14)16-10)7-8-3-2-6-15-17-8/h1-6H,7H2,(H2,14,16). The third kappa shape index (κ3) is 1.78. The van der Waals surface area contributed by atoms with Gasteiger partial charge in [-0.15, -0.1) is 0 Å². The number of anilines is 1. The minimum atomic E-state index is 0.420. The molecule has 3 rings (SSSR count). The summed E-state index contributed by atoms with van der Waals surface area (Å²) in [6.07, 6.45) is 1.63. The second-order valence-corrected chi connectivity index (χ2v) is 4.29. The number of hydrogen-bond donors (Lipinski definition) is 1. The zero-order chi connectivity index (χ0) is 12.5. The van der Waals surface area contributed by atoms with Crippen LogP contribution in [0.4, 0.5) is 5.95 Å². The van der Waals surface area contributed by atoms with Crippen molar-refractivity contribution in [1.29, 1.82) is 0 Å². The van der Waals surface area contributed by atoms with Crippen LogP contribution in [0.15, 0.2) is 36.5 Å². The van der Waals surface area contributed by atoms with Crippen molar-refractivity contribution in [1.82, 2.24) is 19.7 Å². The van der Waals surface area contributed by atoms with E-state index >= 15 is 0 Å². The van der Waals surface area contributed by atoms with Gasteiger partial charge in [-0.25, -0.2) is 4.98 Å². The van der Waals surface area contributed by atoms with Gasteiger partial charge >= 0.3 is 0 Å². The monoisotopic (exact) mass is 259 g/mol. The average Bonchev–Trinajstić information content (AvgIpc) is 2.69. The minimum Gasteiger partial charge on any atom is -0.369 e. The molecule has 1 aromatic carbocycles. The highest BCUT2D eigenvalue weighted by molar-refractivity contribution is 6.35. The van der Waals surface area contributed by atoms with Crippen molar-refractivity contribution < 1.29 is 0 Å². The molecule has 18 heavy (non-hydrogen) atoms. The fourth-order valence-corrected chi connectivity index (χ4v) is 2.17. The van der Waals surface area contributed by atoms with Crippen LogP contribution in [-0.4, -0.2) is 19.7 Å². The van der Waals surface area contributed by atoms with E-state index in [4.69, 9.17) is 17.3 Å². The summed E-state index contributed by atoms with van der Waals surface area (Å²) >= 11 is 6.19. The van der Waals surface area contributed by atoms with Gasteiger partial charge in [0.25, 0.3) is 0 Å². The lowest BCUT2D eigenvalue weighted by atomic mass is 10.3. The summed E-state index contributed by atoms with van der Waals surface area (Å²) in [4.78, 5) is 4.28. The molecule has 0 fully saturated rings. The summed E-state index contributed by atoms with van der Waals surface area (Å²) < 4.78 is 1.84. The van der Waals surface area contributed by atoms with Gasteiger partial charge in [-0.1, -0.05) is 17.7 Å². The maximum atomic E-state index is 6.19. The Labute approximate surface area is 108 Å². The number of halogens is 1. The molecule has 0 amide bonds. The van der Waals surface area contributed by atoms with Gasteiger partial charge in [0.2, 0.25) is 5.95 Å². The van der Waals surface area contributed by atoms with Crippen molar-refractivity contribution >= 4 is 28.6 Å². The molecule has 6 heteroatoms. The highest BCUT2D eigenvalue weighted by Crippen LogP contribution is 2.26. The Morgan fingerprint density at radius 2 is 2.11 bits per heavy atom. The normalized spacial score (nSPS) is 10.9. The molecule has 0 aliphatic rings. The van der Waals surface area contributed by atoms with Crippen LogP contribution in [0.2, 0.25) is 5.02 Å². The molecular formula is C12H10ClN5. The van der Waals surface area contributed by atoms with Crippen LogP contribution in [-0.2, 0) is 6.54 Å². The van der Waals surface area contributed by atoms with E-state index in [1.54, 1.807) is 6.20 Å². The fraction of sp³-hybridized carbons (Fsp3) is 0.0833. The van der Waals surface area contributed by atoms with Crippen molar-refractivity contribution in [2.75, 3.05) is 5.73 Å². The minimum absolute atomic E-state index is 0.420. The van der Waals surface area contributed by atoms with Crippen LogP contribution in [0.1, 0.15) is 5.69 Å². The van der Waals surface area contributed by atoms with Gasteiger partial charge in [0, 0.05) is 6.20 Å². The van der Waals surface area contributed by atoms with Crippen molar-refractivity contribution in [3.05, 3.63) is 47.2 Å². The number of imidazole rings is 1. The molecule has 0 bridgehead atoms. The van der Waals surface area contributed by atoms with E-state index in [1.165, 1.54) is 0 Å². The predicted molar refractivity (Wildman–Crippen MR) is 70.3 cm³/mol. The van der Waals surface area contributed by atoms with E-state index in [0.717, 1.165) is 16.7 Å². The summed E-state index contributed by atoms with van der Waals surface area (Å²) in [5, 5.41) is 8.50. The van der Waals surface area contributed by atoms with Crippen LogP contribution >= 0.6 is 11.6 Å². The summed E-state index contributed by atoms with van der Waals surface area (Å²) in [6.45, 7) is 0.500. The lowest BCUT2D eigenvalue weighted by molar-refractivity contribution is 0.782. The van der Waals surface area contributed by atoms with Crippen molar-refractivity contribution in [2.45, 2.75) is 6.54 Å². The lowest BCUT2D eigenvalue weighted by Gasteiger charge is -2.06. The molecule has 90 valence electrons. The molecule has 0 radical (unpaired) electrons. The molecule has 3 aromatic rings. The lowest BCUT2D eigenvalue weighted by Crippen LogP contribution is -2.06. The van der Waals surface area contributed by atoms with Crippen molar-refractivity contribution in [3.63, 3.8) is 0 Å². The number of fused-ring (bicyclic) bond motifs is 1. The van der Waals surface area contributed by atoms with Crippen LogP contribution in [0.5, 0.6) is 0 Å². The second-order valence-electron chi connectivity index (χ2n) is 3.88. The number of hydrogen-bond acceptors (Lipinski definition) is 4. The van der Waals surface area contributed by atoms with Gasteiger partial charge in [-0.05, 0) is 24.3 Å². The number of nitrogen functional groups attached to an aromatic ring is 1. The molecule has 0 unspecified atom stereocenters. The first-order valence-electron chi connectivity index (χ1n) is 5.42. The Kier molecular flexibility index (Phi) is 2.60. The number of nitrogens with two attached hydrogens (primary N) is 1. The van der Waals surface area contributed by atoms with Crippen molar-refractivity contribution in [3.8, 4) is 0 Å². The fourth-order valence-electron chi connectivity index (χ4n) is 1.90. The van der Waals surface area contributed by atoms with Crippen LogP contribution in [0.3, 0.4) is 0 Å². The van der Waals surface area contributed by atoms with E-state index in [0.29, 0.717) is 17.5 Å². The molecule has 0 atom stereocenters. The zero-order valence-corrected chi connectivity index (χ0v) is 10.2. The molecule has 0 saturated heterocycles. The van der Waals surface area contributed by atoms with Gasteiger partial charge in [-0.3, -0.25) is 0 Å². The predicted octanol–water partition coefficient (Wildman–Crippen LogP) is 2.11. The van der Waals surface area contributed by atoms with Crippen LogP contribution < -0.4 is 5.73 Å². The number of para-hydroxylation sites is 1. The Morgan fingerprint density at radius 1 is 1.22 bits per heavy atom. The molecule has 0 spiro atoms. The summed E-state index contributed by atoms with van der Waals surface area (Å²) in [5.74, 6) is 0.420. The van der Waals surface area contributed by atoms with Gasteiger partial charge in [-0.2, -0.15) is 10.2 Å². The second kappa shape index (κ2) is 4.27. The summed E-state index contributed by atoms with van der Waals surface area (Å²) in [5.41, 5.74) is 8.33. The first-order chi connectivity index (χ1) is 8.75. The number of nitrogens with zero attached hydrogens (tertiary/aromatic N) is 4. The maximum absolute atomic E-state index is 6.19. The number of benzene rings is 1. The van der Waals surface area contributed by atoms with E-state index in [2.05, 4.69) is 15.2 Å². The Hall–Kier alpha value is -2.14. The first kappa shape index (κ1) is 11.0. The van der Waals surface area contributed by atoms with Crippen molar-refractivity contribution in [2.24, 2.45) is 0 Å². The van der Waals surface area contributed by atoms with E-state index in [9.17, 15) is 0 Å². The van der Waals surface area contributed by atoms with Gasteiger partial charge in [0.1, 0.15) is 0 Å². The SMILES string of the molecule is Nc1nc2cccc(Cl)c2n1Cc1cccnn1. The van der Waals surface area contributed by atoms with Crippen LogP contribution in [0, 0.1) is 0 Å². The molecular weight excluding hydrogens is 250 g/mol. The first-order valence-corrected chi connectivity index (χ1v) is 5.80. The van der Waals surface area contributed by atoms with Gasteiger partial charge in [0.05, 0.1) is 28.3 Å². The molecule has 2 heterocycles.